The van der Waals surface area contributed by atoms with Crippen molar-refractivity contribution < 1.29 is 32.4 Å². The van der Waals surface area contributed by atoms with E-state index >= 15 is 0 Å². The van der Waals surface area contributed by atoms with Crippen LogP contribution in [0.25, 0.3) is 65.7 Å². The van der Waals surface area contributed by atoms with Crippen LogP contribution in [0.2, 0.25) is 0 Å². The Morgan fingerprint density at radius 1 is 0.380 bits per heavy atom. The van der Waals surface area contributed by atoms with Gasteiger partial charge in [-0.25, -0.2) is 8.42 Å². The Morgan fingerprint density at radius 3 is 1.08 bits per heavy atom. The summed E-state index contributed by atoms with van der Waals surface area (Å²) in [5.74, 6) is -2.50. The van der Waals surface area contributed by atoms with Crippen LogP contribution < -0.4 is 49.8 Å². The van der Waals surface area contributed by atoms with Crippen molar-refractivity contribution in [1.82, 2.24) is 0 Å². The van der Waals surface area contributed by atoms with Gasteiger partial charge in [0.15, 0.2) is 17.9 Å². The molecule has 0 aliphatic heterocycles. The first-order valence-corrected chi connectivity index (χ1v) is 25.8. The normalized spacial score (nSPS) is 10.6. The van der Waals surface area contributed by atoms with Gasteiger partial charge >= 0.3 is 0 Å². The lowest BCUT2D eigenvalue weighted by molar-refractivity contribution is -0.115. The lowest BCUT2D eigenvalue weighted by atomic mass is 9.96. The number of benzene rings is 9. The highest BCUT2D eigenvalue weighted by molar-refractivity contribution is 7.92. The van der Waals surface area contributed by atoms with Gasteiger partial charge in [0.05, 0.1) is 6.26 Å². The van der Waals surface area contributed by atoms with Gasteiger partial charge in [-0.1, -0.05) is 109 Å². The van der Waals surface area contributed by atoms with Crippen molar-refractivity contribution >= 4 is 107 Å². The Balaban J connectivity index is 0.000000172. The third kappa shape index (κ3) is 15.2. The number of nitrogens with two attached hydrogens (primary N) is 6. The summed E-state index contributed by atoms with van der Waals surface area (Å²) in [7, 11) is -3.32. The van der Waals surface area contributed by atoms with Gasteiger partial charge in [0.2, 0.25) is 21.8 Å². The average molecular weight is 1080 g/mol. The van der Waals surface area contributed by atoms with Crippen molar-refractivity contribution in [2.45, 2.75) is 13.8 Å². The minimum Gasteiger partial charge on any atom is -0.370 e. The topological polar surface area (TPSA) is 349 Å². The summed E-state index contributed by atoms with van der Waals surface area (Å²) in [4.78, 5) is 69.1. The molecule has 0 saturated heterocycles. The van der Waals surface area contributed by atoms with E-state index in [1.807, 2.05) is 133 Å². The molecular formula is C59H54N12O7S. The standard InChI is InChI=1S/2C20H18N4O2.C19H18N4O3S/c1-12(25)23-16-6-2-4-14(11-16)17-7-3-5-13-10-15(8-9-18(13)17)19(26)24-20(21)22;1-12(25)23-16-8-5-13(6-9-16)17-4-2-3-14-11-15(7-10-18(14)17)19(26)24-20(21)22;1-27(25,26)23-15-8-5-12(6-9-15)16-4-2-3-13-11-14(7-10-17(13)16)18(24)22-19(20)21/h2*2-11H,1H3,(H,23,25)(H4,21,22,24,26);2-11,23H,1H3,(H4,20,21,22,24). The number of hydrogen-bond acceptors (Lipinski definition) is 7. The minimum absolute atomic E-state index is 0.110. The predicted molar refractivity (Wildman–Crippen MR) is 316 cm³/mol. The molecule has 9 aromatic carbocycles. The van der Waals surface area contributed by atoms with E-state index in [1.54, 1.807) is 48.5 Å². The quantitative estimate of drug-likeness (QED) is 0.0463. The molecular weight excluding hydrogens is 1020 g/mol. The number of anilines is 3. The number of hydrogen-bond donors (Lipinski definition) is 9. The highest BCUT2D eigenvalue weighted by atomic mass is 32.2. The molecule has 15 N–H and O–H groups in total. The van der Waals surface area contributed by atoms with Crippen LogP contribution in [0.1, 0.15) is 44.9 Å². The summed E-state index contributed by atoms with van der Waals surface area (Å²) < 4.78 is 25.1. The highest BCUT2D eigenvalue weighted by Crippen LogP contribution is 2.34. The van der Waals surface area contributed by atoms with Gasteiger partial charge in [0, 0.05) is 47.6 Å². The van der Waals surface area contributed by atoms with Gasteiger partial charge in [-0.15, -0.1) is 0 Å². The van der Waals surface area contributed by atoms with Crippen LogP contribution >= 0.6 is 0 Å². The van der Waals surface area contributed by atoms with Crippen LogP contribution in [0.4, 0.5) is 17.1 Å². The van der Waals surface area contributed by atoms with Crippen LogP contribution in [0.15, 0.2) is 197 Å². The first-order valence-electron chi connectivity index (χ1n) is 24.0. The maximum absolute atomic E-state index is 12.0. The molecule has 0 fully saturated rings. The number of sulfonamides is 1. The predicted octanol–water partition coefficient (Wildman–Crippen LogP) is 8.05. The highest BCUT2D eigenvalue weighted by Gasteiger charge is 2.13. The second-order valence-electron chi connectivity index (χ2n) is 17.7. The monoisotopic (exact) mass is 1070 g/mol. The molecule has 19 nitrogen and oxygen atoms in total. The molecule has 79 heavy (non-hydrogen) atoms. The maximum Gasteiger partial charge on any atom is 0.280 e. The zero-order valence-electron chi connectivity index (χ0n) is 42.9. The molecule has 0 atom stereocenters. The summed E-state index contributed by atoms with van der Waals surface area (Å²) in [6.07, 6.45) is 1.10. The Hall–Kier alpha value is -10.7. The van der Waals surface area contributed by atoms with Crippen molar-refractivity contribution in [3.8, 4) is 33.4 Å². The Morgan fingerprint density at radius 2 is 0.722 bits per heavy atom. The van der Waals surface area contributed by atoms with Gasteiger partial charge in [0.1, 0.15) is 0 Å². The van der Waals surface area contributed by atoms with E-state index in [4.69, 9.17) is 34.4 Å². The summed E-state index contributed by atoms with van der Waals surface area (Å²) in [6.45, 7) is 2.94. The van der Waals surface area contributed by atoms with Crippen molar-refractivity contribution in [1.29, 1.82) is 0 Å². The van der Waals surface area contributed by atoms with Crippen LogP contribution in [-0.2, 0) is 19.6 Å². The Kier molecular flexibility index (Phi) is 17.5. The fraction of sp³-hybridized carbons (Fsp3) is 0.0508. The molecule has 0 aromatic heterocycles. The number of carbonyl (C=O) groups excluding carboxylic acids is 5. The summed E-state index contributed by atoms with van der Waals surface area (Å²) in [5.41, 5.74) is 40.6. The van der Waals surface area contributed by atoms with E-state index in [1.165, 1.54) is 13.8 Å². The second kappa shape index (κ2) is 24.7. The Labute approximate surface area is 454 Å². The van der Waals surface area contributed by atoms with Crippen molar-refractivity contribution in [2.75, 3.05) is 21.6 Å². The first-order chi connectivity index (χ1) is 37.6. The summed E-state index contributed by atoms with van der Waals surface area (Å²) >= 11 is 0. The molecule has 9 rings (SSSR count). The van der Waals surface area contributed by atoms with Crippen LogP contribution in [0, 0.1) is 0 Å². The molecule has 398 valence electrons. The lowest BCUT2D eigenvalue weighted by Crippen LogP contribution is -2.24. The molecule has 0 aliphatic rings. The fourth-order valence-corrected chi connectivity index (χ4v) is 8.95. The molecule has 0 spiro atoms. The zero-order chi connectivity index (χ0) is 57.0. The number of nitrogens with one attached hydrogen (secondary N) is 3. The third-order valence-electron chi connectivity index (χ3n) is 11.6. The van der Waals surface area contributed by atoms with E-state index in [-0.39, 0.29) is 29.7 Å². The minimum atomic E-state index is -3.32. The molecule has 0 saturated carbocycles. The van der Waals surface area contributed by atoms with E-state index in [2.05, 4.69) is 30.3 Å². The second-order valence-corrected chi connectivity index (χ2v) is 19.5. The van der Waals surface area contributed by atoms with Crippen molar-refractivity contribution in [3.05, 3.63) is 199 Å². The molecule has 9 aromatic rings. The molecule has 0 radical (unpaired) electrons. The molecule has 0 unspecified atom stereocenters. The smallest absolute Gasteiger partial charge is 0.280 e. The molecule has 0 bridgehead atoms. The summed E-state index contributed by atoms with van der Waals surface area (Å²) in [6, 6.07) is 55.6. The van der Waals surface area contributed by atoms with E-state index in [9.17, 15) is 32.4 Å². The molecule has 20 heteroatoms. The number of guanidine groups is 3. The van der Waals surface area contributed by atoms with E-state index in [0.717, 1.165) is 83.3 Å². The van der Waals surface area contributed by atoms with Crippen LogP contribution in [-0.4, -0.2) is 62.1 Å². The van der Waals surface area contributed by atoms with Gasteiger partial charge in [-0.05, 0) is 138 Å². The number of carbonyl (C=O) groups is 5. The zero-order valence-corrected chi connectivity index (χ0v) is 43.7. The van der Waals surface area contributed by atoms with Gasteiger partial charge < -0.3 is 45.0 Å². The first kappa shape index (κ1) is 56.0. The molecule has 0 aliphatic carbocycles. The van der Waals surface area contributed by atoms with Crippen molar-refractivity contribution in [2.24, 2.45) is 49.4 Å². The average Bonchev–Trinajstić information content (AvgIpc) is 3.47. The van der Waals surface area contributed by atoms with Crippen LogP contribution in [0.5, 0.6) is 0 Å². The number of nitrogens with zero attached hydrogens (tertiary/aromatic N) is 3. The fourth-order valence-electron chi connectivity index (χ4n) is 8.39. The van der Waals surface area contributed by atoms with Crippen LogP contribution in [0.3, 0.4) is 0 Å². The Bertz CT molecular complexity index is 4040. The number of fused-ring (bicyclic) bond motifs is 3. The summed E-state index contributed by atoms with van der Waals surface area (Å²) in [5, 5.41) is 11.1. The number of amides is 5. The van der Waals surface area contributed by atoms with Gasteiger partial charge in [0.25, 0.3) is 17.7 Å². The molecule has 0 heterocycles. The van der Waals surface area contributed by atoms with Gasteiger partial charge in [-0.2, -0.15) is 15.0 Å². The number of rotatable bonds is 10. The van der Waals surface area contributed by atoms with Crippen molar-refractivity contribution in [3.63, 3.8) is 0 Å². The number of aliphatic imine (C=N–C) groups is 3. The maximum atomic E-state index is 12.0. The SMILES string of the molecule is CC(=O)Nc1ccc(-c2cccc3cc(C(=O)N=C(N)N)ccc23)cc1.CC(=O)Nc1cccc(-c2cccc3cc(C(=O)N=C(N)N)ccc23)c1.CS(=O)(=O)Nc1ccc(-c2cccc3cc(C(=O)N=C(N)N)ccc23)cc1. The lowest BCUT2D eigenvalue weighted by Gasteiger charge is -2.10. The van der Waals surface area contributed by atoms with Gasteiger partial charge in [-0.3, -0.25) is 28.7 Å². The van der Waals surface area contributed by atoms with E-state index in [0.29, 0.717) is 22.4 Å². The van der Waals surface area contributed by atoms with E-state index < -0.39 is 27.7 Å². The largest absolute Gasteiger partial charge is 0.370 e. The third-order valence-corrected chi connectivity index (χ3v) is 12.2. The molecule has 5 amide bonds.